The SMILES string of the molecule is CCC1/C=C(\C)CC(C)CC(OC)C2OC(O)(C(=O)C(=O)N3CCCCC3C(=O)OC(C(C)=CC3CCC(Oc4ccc5c(ccn5C5CC5)c4)C(OC)C3)C(C)CCC1=O)C(C)CC2OC. The van der Waals surface area contributed by atoms with Gasteiger partial charge >= 0.3 is 5.97 Å². The van der Waals surface area contributed by atoms with E-state index in [2.05, 4.69) is 54.1 Å². The van der Waals surface area contributed by atoms with Gasteiger partial charge in [0.05, 0.1) is 18.3 Å². The van der Waals surface area contributed by atoms with Crippen LogP contribution in [0.3, 0.4) is 0 Å². The Kier molecular flexibility index (Phi) is 16.9. The van der Waals surface area contributed by atoms with Gasteiger partial charge in [0.1, 0.15) is 35.9 Å². The number of allylic oxidation sites excluding steroid dienone is 3. The molecule has 3 aliphatic heterocycles. The molecule has 0 radical (unpaired) electrons. The Hall–Kier alpha value is -3.88. The van der Waals surface area contributed by atoms with Crippen LogP contribution >= 0.6 is 0 Å². The molecule has 1 aromatic carbocycles. The molecule has 7 rings (SSSR count). The average molecular weight is 931 g/mol. The van der Waals surface area contributed by atoms with Crippen molar-refractivity contribution in [3.63, 3.8) is 0 Å². The molecule has 2 saturated heterocycles. The summed E-state index contributed by atoms with van der Waals surface area (Å²) in [5.74, 6) is -5.30. The van der Waals surface area contributed by atoms with Crippen molar-refractivity contribution in [2.45, 2.75) is 186 Å². The molecule has 2 aliphatic carbocycles. The molecule has 4 fully saturated rings. The molecular formula is C54H78N2O11. The third-order valence-corrected chi connectivity index (χ3v) is 15.7. The smallest absolute Gasteiger partial charge is 0.329 e. The van der Waals surface area contributed by atoms with Crippen LogP contribution in [0, 0.1) is 29.6 Å². The number of carbonyl (C=O) groups is 4. The van der Waals surface area contributed by atoms with E-state index >= 15 is 0 Å². The number of ether oxygens (including phenoxy) is 6. The number of Topliss-reactive ketones (excluding diaryl/α,β-unsaturated/α-hetero) is 2. The molecule has 5 aliphatic rings. The average Bonchev–Trinajstić information content (AvgIpc) is 4.09. The number of rotatable bonds is 9. The lowest BCUT2D eigenvalue weighted by Gasteiger charge is -2.47. The number of amides is 1. The second-order valence-electron chi connectivity index (χ2n) is 20.8. The first-order valence-electron chi connectivity index (χ1n) is 25.3. The van der Waals surface area contributed by atoms with Crippen LogP contribution in [0.2, 0.25) is 0 Å². The maximum Gasteiger partial charge on any atom is 0.329 e. The Morgan fingerprint density at radius 3 is 2.31 bits per heavy atom. The van der Waals surface area contributed by atoms with Gasteiger partial charge in [-0.2, -0.15) is 0 Å². The summed E-state index contributed by atoms with van der Waals surface area (Å²) in [6.45, 7) is 12.0. The number of hydrogen-bond donors (Lipinski definition) is 1. The maximum absolute atomic E-state index is 14.6. The van der Waals surface area contributed by atoms with Gasteiger partial charge in [-0.15, -0.1) is 0 Å². The molecule has 1 N–H and O–H groups in total. The van der Waals surface area contributed by atoms with Crippen molar-refractivity contribution in [3.8, 4) is 5.75 Å². The van der Waals surface area contributed by atoms with E-state index in [4.69, 9.17) is 28.4 Å². The first-order valence-corrected chi connectivity index (χ1v) is 25.3. The first-order chi connectivity index (χ1) is 32.1. The van der Waals surface area contributed by atoms with Gasteiger partial charge in [0.25, 0.3) is 11.7 Å². The highest BCUT2D eigenvalue weighted by Crippen LogP contribution is 2.41. The number of hydrogen-bond acceptors (Lipinski definition) is 11. The maximum atomic E-state index is 14.6. The van der Waals surface area contributed by atoms with E-state index in [0.717, 1.165) is 29.7 Å². The minimum atomic E-state index is -2.47. The molecule has 1 aromatic heterocycles. The minimum Gasteiger partial charge on any atom is -0.488 e. The second kappa shape index (κ2) is 22.3. The van der Waals surface area contributed by atoms with Crippen molar-refractivity contribution in [2.24, 2.45) is 29.6 Å². The van der Waals surface area contributed by atoms with E-state index in [1.807, 2.05) is 27.7 Å². The van der Waals surface area contributed by atoms with Crippen LogP contribution in [0.25, 0.3) is 10.9 Å². The third-order valence-electron chi connectivity index (χ3n) is 15.7. The van der Waals surface area contributed by atoms with E-state index < -0.39 is 59.8 Å². The van der Waals surface area contributed by atoms with Crippen LogP contribution in [-0.2, 0) is 42.9 Å². The molecule has 13 unspecified atom stereocenters. The first kappa shape index (κ1) is 51.0. The molecule has 67 heavy (non-hydrogen) atoms. The molecule has 370 valence electrons. The number of aliphatic hydroxyl groups is 1. The fourth-order valence-electron chi connectivity index (χ4n) is 11.6. The quantitative estimate of drug-likeness (QED) is 0.146. The summed E-state index contributed by atoms with van der Waals surface area (Å²) in [5, 5.41) is 13.3. The Bertz CT molecular complexity index is 2130. The number of esters is 1. The lowest BCUT2D eigenvalue weighted by Crippen LogP contribution is -2.64. The number of benzene rings is 1. The Balaban J connectivity index is 1.14. The Morgan fingerprint density at radius 2 is 1.61 bits per heavy atom. The molecule has 2 bridgehead atoms. The highest BCUT2D eigenvalue weighted by atomic mass is 16.7. The predicted octanol–water partition coefficient (Wildman–Crippen LogP) is 8.88. The molecule has 13 heteroatoms. The number of fused-ring (bicyclic) bond motifs is 4. The number of aromatic nitrogens is 1. The number of methoxy groups -OCH3 is 3. The number of nitrogens with zero attached hydrogens (tertiary/aromatic N) is 2. The number of carbonyl (C=O) groups excluding carboxylic acids is 4. The van der Waals surface area contributed by atoms with E-state index in [9.17, 15) is 24.3 Å². The van der Waals surface area contributed by atoms with Crippen LogP contribution in [-0.4, -0.2) is 114 Å². The summed E-state index contributed by atoms with van der Waals surface area (Å²) in [4.78, 5) is 58.6. The minimum absolute atomic E-state index is 0.0868. The molecule has 13 nitrogen and oxygen atoms in total. The van der Waals surface area contributed by atoms with Gasteiger partial charge in [-0.3, -0.25) is 14.4 Å². The van der Waals surface area contributed by atoms with Gasteiger partial charge in [-0.05, 0) is 145 Å². The molecule has 4 heterocycles. The largest absolute Gasteiger partial charge is 0.488 e. The number of ketones is 2. The summed E-state index contributed by atoms with van der Waals surface area (Å²) in [5.41, 5.74) is 3.18. The summed E-state index contributed by atoms with van der Waals surface area (Å²) < 4.78 is 39.7. The zero-order valence-electron chi connectivity index (χ0n) is 41.6. The fourth-order valence-corrected chi connectivity index (χ4v) is 11.6. The van der Waals surface area contributed by atoms with Crippen LogP contribution in [0.5, 0.6) is 5.75 Å². The van der Waals surface area contributed by atoms with Crippen molar-refractivity contribution in [1.82, 2.24) is 9.47 Å². The van der Waals surface area contributed by atoms with Gasteiger partial charge in [0.15, 0.2) is 0 Å². The third kappa shape index (κ3) is 11.6. The van der Waals surface area contributed by atoms with Crippen LogP contribution in [0.15, 0.2) is 53.8 Å². The summed E-state index contributed by atoms with van der Waals surface area (Å²) >= 11 is 0. The van der Waals surface area contributed by atoms with Crippen LogP contribution < -0.4 is 4.74 Å². The van der Waals surface area contributed by atoms with Crippen LogP contribution in [0.1, 0.15) is 137 Å². The molecule has 1 amide bonds. The Labute approximate surface area is 398 Å². The van der Waals surface area contributed by atoms with Gasteiger partial charge < -0.3 is 43.0 Å². The lowest BCUT2D eigenvalue weighted by atomic mass is 9.82. The molecular weight excluding hydrogens is 853 g/mol. The van der Waals surface area contributed by atoms with Crippen molar-refractivity contribution < 1.29 is 52.7 Å². The summed E-state index contributed by atoms with van der Waals surface area (Å²) in [6.07, 6.45) is 12.7. The summed E-state index contributed by atoms with van der Waals surface area (Å²) in [7, 11) is 4.85. The van der Waals surface area contributed by atoms with E-state index in [0.29, 0.717) is 63.8 Å². The van der Waals surface area contributed by atoms with Crippen molar-refractivity contribution >= 4 is 34.3 Å². The lowest BCUT2D eigenvalue weighted by molar-refractivity contribution is -0.302. The summed E-state index contributed by atoms with van der Waals surface area (Å²) in [6, 6.07) is 8.04. The van der Waals surface area contributed by atoms with Gasteiger partial charge in [-0.1, -0.05) is 45.4 Å². The number of piperidine rings is 1. The number of cyclic esters (lactones) is 1. The topological polar surface area (TPSA) is 152 Å². The molecule has 13 atom stereocenters. The van der Waals surface area contributed by atoms with E-state index in [1.54, 1.807) is 28.3 Å². The Morgan fingerprint density at radius 1 is 0.881 bits per heavy atom. The molecule has 0 spiro atoms. The van der Waals surface area contributed by atoms with E-state index in [1.165, 1.54) is 28.6 Å². The van der Waals surface area contributed by atoms with Crippen molar-refractivity contribution in [2.75, 3.05) is 27.9 Å². The van der Waals surface area contributed by atoms with Crippen LogP contribution in [0.4, 0.5) is 0 Å². The molecule has 2 saturated carbocycles. The normalized spacial score (nSPS) is 36.7. The van der Waals surface area contributed by atoms with Gasteiger partial charge in [-0.25, -0.2) is 4.79 Å². The zero-order valence-corrected chi connectivity index (χ0v) is 41.6. The molecule has 2 aromatic rings. The van der Waals surface area contributed by atoms with E-state index in [-0.39, 0.29) is 54.6 Å². The predicted molar refractivity (Wildman–Crippen MR) is 255 cm³/mol. The van der Waals surface area contributed by atoms with Gasteiger partial charge in [0, 0.05) is 69.3 Å². The zero-order chi connectivity index (χ0) is 48.2. The standard InChI is InChI=1S/C54H78N2O11/c1-10-38-26-32(2)25-33(3)27-47(63-8)50-48(64-9)29-36(6)54(61,67-50)51(58)52(59)56-23-12-11-13-43(56)53(60)66-49(34(4)14-20-44(38)57)35(5)28-37-15-21-45(46(30-37)62-7)65-41-18-19-42-39(31-41)22-24-55(42)40-16-17-40/h18-19,22,24,26,28,31,33-34,36-38,40,43,45-50,61H,10-17,20-21,23,25,27,29-30H2,1-9H3/b32-26+,35-28?. The van der Waals surface area contributed by atoms with Gasteiger partial charge in [0.2, 0.25) is 5.79 Å². The highest BCUT2D eigenvalue weighted by molar-refractivity contribution is 6.39. The van der Waals surface area contributed by atoms with Crippen molar-refractivity contribution in [1.29, 1.82) is 0 Å². The second-order valence-corrected chi connectivity index (χ2v) is 20.8. The highest BCUT2D eigenvalue weighted by Gasteiger charge is 2.56. The van der Waals surface area contributed by atoms with Crippen molar-refractivity contribution in [3.05, 3.63) is 53.8 Å². The monoisotopic (exact) mass is 931 g/mol. The fraction of sp³-hybridized carbons (Fsp3) is 0.704.